The highest BCUT2D eigenvalue weighted by Gasteiger charge is 2.57. The van der Waals surface area contributed by atoms with Gasteiger partial charge in [-0.2, -0.15) is 9.36 Å². The average Bonchev–Trinajstić information content (AvgIpc) is 3.31. The Bertz CT molecular complexity index is 1270. The van der Waals surface area contributed by atoms with E-state index in [0.29, 0.717) is 0 Å². The first-order chi connectivity index (χ1) is 17.7. The van der Waals surface area contributed by atoms with Crippen molar-refractivity contribution >= 4 is 75.7 Å². The number of carbonyl (C=O) groups excluding carboxylic acids is 2. The Hall–Kier alpha value is -3.70. The van der Waals surface area contributed by atoms with Crippen LogP contribution in [0.15, 0.2) is 35.1 Å². The molecule has 2 saturated heterocycles. The van der Waals surface area contributed by atoms with E-state index >= 15 is 0 Å². The van der Waals surface area contributed by atoms with Gasteiger partial charge >= 0.3 is 11.9 Å². The number of carboxylic acids is 2. The molecule has 5 N–H and O–H groups in total. The number of hydrogen-bond acceptors (Lipinski definition) is 13. The van der Waals surface area contributed by atoms with E-state index in [-0.39, 0.29) is 23.3 Å². The van der Waals surface area contributed by atoms with Gasteiger partial charge in [0.05, 0.1) is 0 Å². The van der Waals surface area contributed by atoms with Gasteiger partial charge in [0.15, 0.2) is 5.13 Å². The molecule has 2 fully saturated rings. The number of oxime groups is 1. The predicted octanol–water partition coefficient (Wildman–Crippen LogP) is -0.0520. The third-order valence-electron chi connectivity index (χ3n) is 5.18. The highest BCUT2D eigenvalue weighted by molar-refractivity contribution is 8.06. The Morgan fingerprint density at radius 2 is 2.22 bits per heavy atom. The fraction of sp³-hybridized carbons (Fsp3) is 0.300. The zero-order valence-electron chi connectivity index (χ0n) is 18.7. The molecule has 14 nitrogen and oxygen atoms in total. The lowest BCUT2D eigenvalue weighted by Gasteiger charge is -2.53. The number of nitrogen functional groups attached to an aromatic ring is 1. The number of pyridine rings is 1. The first-order valence-electron chi connectivity index (χ1n) is 10.4. The summed E-state index contributed by atoms with van der Waals surface area (Å²) in [7, 11) is 0. The Labute approximate surface area is 221 Å². The molecule has 194 valence electrons. The van der Waals surface area contributed by atoms with E-state index < -0.39 is 52.2 Å². The second-order valence-corrected chi connectivity index (χ2v) is 10.9. The zero-order chi connectivity index (χ0) is 26.6. The molecule has 37 heavy (non-hydrogen) atoms. The van der Waals surface area contributed by atoms with E-state index in [4.69, 9.17) is 10.8 Å². The molecule has 3 atom stereocenters. The minimum Gasteiger partial charge on any atom is -0.480 e. The van der Waals surface area contributed by atoms with Gasteiger partial charge in [-0.1, -0.05) is 11.2 Å². The van der Waals surface area contributed by atoms with E-state index in [1.54, 1.807) is 29.9 Å². The highest BCUT2D eigenvalue weighted by Crippen LogP contribution is 2.44. The smallest absolute Gasteiger partial charge is 0.344 e. The van der Waals surface area contributed by atoms with Crippen LogP contribution in [0.25, 0.3) is 6.08 Å². The van der Waals surface area contributed by atoms with Crippen LogP contribution in [0.1, 0.15) is 11.4 Å². The van der Waals surface area contributed by atoms with Crippen molar-refractivity contribution < 1.29 is 34.2 Å². The van der Waals surface area contributed by atoms with Crippen molar-refractivity contribution in [3.8, 4) is 0 Å². The highest BCUT2D eigenvalue weighted by atomic mass is 32.2. The second-order valence-electron chi connectivity index (χ2n) is 7.69. The first kappa shape index (κ1) is 26.4. The lowest BCUT2D eigenvalue weighted by Crippen LogP contribution is -2.74. The summed E-state index contributed by atoms with van der Waals surface area (Å²) in [5.74, 6) is -3.72. The van der Waals surface area contributed by atoms with Crippen LogP contribution < -0.4 is 11.1 Å². The summed E-state index contributed by atoms with van der Waals surface area (Å²) in [4.78, 5) is 62.6. The number of nitrogens with two attached hydrogens (primary N) is 1. The van der Waals surface area contributed by atoms with Crippen molar-refractivity contribution in [2.45, 2.75) is 16.2 Å². The van der Waals surface area contributed by atoms with Crippen LogP contribution in [0.4, 0.5) is 5.13 Å². The zero-order valence-corrected chi connectivity index (χ0v) is 21.2. The first-order valence-corrected chi connectivity index (χ1v) is 13.1. The molecule has 0 aliphatic carbocycles. The van der Waals surface area contributed by atoms with Gasteiger partial charge in [0.2, 0.25) is 24.1 Å². The molecule has 2 aromatic rings. The van der Waals surface area contributed by atoms with Crippen LogP contribution in [0, 0.1) is 0 Å². The fourth-order valence-electron chi connectivity index (χ4n) is 3.40. The molecule has 2 amide bonds. The number of hydrogen-bond donors (Lipinski definition) is 4. The molecule has 4 rings (SSSR count). The summed E-state index contributed by atoms with van der Waals surface area (Å²) < 4.78 is 2.61. The molecule has 2 aliphatic heterocycles. The summed E-state index contributed by atoms with van der Waals surface area (Å²) in [6.45, 7) is -0.866. The fourth-order valence-corrected chi connectivity index (χ4v) is 6.50. The number of aromatic nitrogens is 3. The number of thioether (sulfide) groups is 2. The molecule has 0 bridgehead atoms. The van der Waals surface area contributed by atoms with Gasteiger partial charge in [-0.25, -0.2) is 4.79 Å². The quantitative estimate of drug-likeness (QED) is 0.169. The maximum Gasteiger partial charge on any atom is 0.344 e. The van der Waals surface area contributed by atoms with Gasteiger partial charge in [0.1, 0.15) is 16.2 Å². The summed E-state index contributed by atoms with van der Waals surface area (Å²) >= 11 is 3.12. The molecule has 4 heterocycles. The van der Waals surface area contributed by atoms with Crippen molar-refractivity contribution in [3.05, 3.63) is 41.3 Å². The number of nitrogens with one attached hydrogen (secondary N) is 1. The predicted molar refractivity (Wildman–Crippen MR) is 136 cm³/mol. The van der Waals surface area contributed by atoms with E-state index in [9.17, 15) is 24.3 Å². The van der Waals surface area contributed by atoms with Crippen molar-refractivity contribution in [2.24, 2.45) is 5.16 Å². The lowest BCUT2D eigenvalue weighted by atomic mass is 10.0. The second kappa shape index (κ2) is 11.1. The topological polar surface area (TPSA) is 210 Å². The maximum atomic E-state index is 12.9. The van der Waals surface area contributed by atoms with Crippen LogP contribution in [-0.2, 0) is 24.0 Å². The molecule has 2 unspecified atom stereocenters. The number of carbonyl (C=O) groups is 4. The van der Waals surface area contributed by atoms with E-state index in [2.05, 4.69) is 29.7 Å². The van der Waals surface area contributed by atoms with Crippen molar-refractivity contribution in [2.75, 3.05) is 24.6 Å². The van der Waals surface area contributed by atoms with Gasteiger partial charge in [0.25, 0.3) is 5.91 Å². The van der Waals surface area contributed by atoms with Gasteiger partial charge < -0.3 is 31.0 Å². The van der Waals surface area contributed by atoms with Gasteiger partial charge in [-0.05, 0) is 23.1 Å². The summed E-state index contributed by atoms with van der Waals surface area (Å²) in [6.07, 6.45) is 5.02. The maximum absolute atomic E-state index is 12.9. The summed E-state index contributed by atoms with van der Waals surface area (Å²) in [6, 6.07) is 2.63. The number of anilines is 1. The largest absolute Gasteiger partial charge is 0.480 e. The standard InChI is InChI=1S/C20H19N7O7S3/c21-19-24-14(26-37-19)12(25-34-7-11(28)29)15(30)23-13-16(31)27-8-20(18(32)33,9-35-17(13)27)36-5-3-10-2-1-4-22-6-10/h1-6,13,17H,7-9H2,(H,23,30)(H,28,29)(H,32,33)(H2,21,24,26)/t13?,17-,20?/m1/s1. The van der Waals surface area contributed by atoms with Gasteiger partial charge in [-0.15, -0.1) is 23.5 Å². The number of nitrogens with zero attached hydrogens (tertiary/aromatic N) is 5. The van der Waals surface area contributed by atoms with Crippen LogP contribution in [-0.4, -0.2) is 94.0 Å². The normalized spacial score (nSPS) is 23.3. The summed E-state index contributed by atoms with van der Waals surface area (Å²) in [5.41, 5.74) is 5.92. The van der Waals surface area contributed by atoms with Crippen LogP contribution in [0.5, 0.6) is 0 Å². The van der Waals surface area contributed by atoms with Crippen molar-refractivity contribution in [1.29, 1.82) is 0 Å². The molecule has 2 aliphatic rings. The third-order valence-corrected chi connectivity index (χ3v) is 8.61. The Morgan fingerprint density at radius 3 is 2.86 bits per heavy atom. The Balaban J connectivity index is 1.43. The van der Waals surface area contributed by atoms with Gasteiger partial charge in [0, 0.05) is 36.2 Å². The minimum atomic E-state index is -1.31. The molecule has 0 aromatic carbocycles. The number of carboxylic acid groups (broad SMARTS) is 2. The minimum absolute atomic E-state index is 0.0440. The number of amides is 2. The van der Waals surface area contributed by atoms with E-state index in [1.807, 2.05) is 6.07 Å². The number of rotatable bonds is 10. The number of β-lactam (4-membered cyclic amide) rings is 1. The molecule has 0 radical (unpaired) electrons. The van der Waals surface area contributed by atoms with Crippen LogP contribution >= 0.6 is 35.1 Å². The molecule has 0 spiro atoms. The van der Waals surface area contributed by atoms with Crippen molar-refractivity contribution in [3.63, 3.8) is 0 Å². The summed E-state index contributed by atoms with van der Waals surface area (Å²) in [5, 5.41) is 26.0. The van der Waals surface area contributed by atoms with E-state index in [0.717, 1.165) is 28.9 Å². The average molecular weight is 566 g/mol. The molecular formula is C20H19N7O7S3. The van der Waals surface area contributed by atoms with Crippen LogP contribution in [0.2, 0.25) is 0 Å². The van der Waals surface area contributed by atoms with E-state index in [1.165, 1.54) is 16.7 Å². The number of fused-ring (bicyclic) bond motifs is 1. The SMILES string of the molecule is Nc1nc(C(=NOCC(=O)O)C(=O)NC2C(=O)N3CC(SC=Cc4cccnc4)(C(=O)O)CS[C@H]23)ns1. The molecular weight excluding hydrogens is 546 g/mol. The Kier molecular flexibility index (Phi) is 7.94. The molecule has 2 aromatic heterocycles. The Morgan fingerprint density at radius 1 is 1.41 bits per heavy atom. The molecule has 0 saturated carbocycles. The monoisotopic (exact) mass is 565 g/mol. The van der Waals surface area contributed by atoms with Gasteiger partial charge in [-0.3, -0.25) is 19.4 Å². The lowest BCUT2D eigenvalue weighted by molar-refractivity contribution is -0.151. The molecule has 17 heteroatoms. The number of aliphatic carboxylic acids is 2. The van der Waals surface area contributed by atoms with Crippen molar-refractivity contribution in [1.82, 2.24) is 24.6 Å². The van der Waals surface area contributed by atoms with Crippen LogP contribution in [0.3, 0.4) is 0 Å². The third kappa shape index (κ3) is 5.83.